The molecule has 1 amide bonds. The van der Waals surface area contributed by atoms with Crippen LogP contribution in [-0.4, -0.2) is 42.3 Å². The van der Waals surface area contributed by atoms with Gasteiger partial charge in [-0.15, -0.1) is 0 Å². The predicted octanol–water partition coefficient (Wildman–Crippen LogP) is 3.35. The monoisotopic (exact) mass is 417 g/mol. The van der Waals surface area contributed by atoms with Gasteiger partial charge in [0, 0.05) is 35.4 Å². The van der Waals surface area contributed by atoms with Crippen LogP contribution < -0.4 is 20.1 Å². The lowest BCUT2D eigenvalue weighted by molar-refractivity contribution is -0.118. The highest BCUT2D eigenvalue weighted by Crippen LogP contribution is 2.30. The fourth-order valence-corrected chi connectivity index (χ4v) is 3.83. The van der Waals surface area contributed by atoms with Crippen molar-refractivity contribution in [1.29, 1.82) is 0 Å². The molecular formula is C24H23N3O4. The Hall–Kier alpha value is -3.55. The molecule has 7 nitrogen and oxygen atoms in total. The van der Waals surface area contributed by atoms with Crippen molar-refractivity contribution in [2.75, 3.05) is 31.6 Å². The summed E-state index contributed by atoms with van der Waals surface area (Å²) in [6, 6.07) is 19.6. The number of aromatic amines is 1. The molecule has 3 aromatic carbocycles. The maximum absolute atomic E-state index is 11.5. The summed E-state index contributed by atoms with van der Waals surface area (Å²) in [6.45, 7) is 1.46. The van der Waals surface area contributed by atoms with Gasteiger partial charge >= 0.3 is 0 Å². The van der Waals surface area contributed by atoms with Gasteiger partial charge in [-0.25, -0.2) is 0 Å². The maximum Gasteiger partial charge on any atom is 0.262 e. The molecule has 4 N–H and O–H groups in total. The van der Waals surface area contributed by atoms with E-state index < -0.39 is 6.10 Å². The normalized spacial score (nSPS) is 14.2. The number of aliphatic hydroxyl groups excluding tert-OH is 1. The number of para-hydroxylation sites is 1. The zero-order valence-electron chi connectivity index (χ0n) is 16.9. The van der Waals surface area contributed by atoms with Crippen molar-refractivity contribution in [2.45, 2.75) is 6.10 Å². The fraction of sp³-hybridized carbons (Fsp3) is 0.208. The lowest BCUT2D eigenvalue weighted by Crippen LogP contribution is -2.27. The second kappa shape index (κ2) is 8.29. The molecule has 1 aliphatic heterocycles. The fourth-order valence-electron chi connectivity index (χ4n) is 3.83. The third-order valence-corrected chi connectivity index (χ3v) is 5.38. The van der Waals surface area contributed by atoms with Gasteiger partial charge < -0.3 is 30.2 Å². The summed E-state index contributed by atoms with van der Waals surface area (Å²) in [4.78, 5) is 14.9. The number of benzene rings is 3. The van der Waals surface area contributed by atoms with E-state index in [0.29, 0.717) is 36.7 Å². The van der Waals surface area contributed by atoms with Crippen LogP contribution in [0.5, 0.6) is 11.5 Å². The highest BCUT2D eigenvalue weighted by molar-refractivity contribution is 6.07. The van der Waals surface area contributed by atoms with Crippen LogP contribution in [0.2, 0.25) is 0 Å². The number of hydrogen-bond acceptors (Lipinski definition) is 5. The largest absolute Gasteiger partial charge is 0.492 e. The Balaban J connectivity index is 1.13. The number of amides is 1. The molecule has 1 aliphatic rings. The summed E-state index contributed by atoms with van der Waals surface area (Å²) < 4.78 is 11.2. The molecule has 0 saturated heterocycles. The number of nitrogens with one attached hydrogen (secondary N) is 3. The Kier molecular flexibility index (Phi) is 5.19. The summed E-state index contributed by atoms with van der Waals surface area (Å²) in [7, 11) is 0. The van der Waals surface area contributed by atoms with Gasteiger partial charge in [-0.2, -0.15) is 0 Å². The van der Waals surface area contributed by atoms with E-state index >= 15 is 0 Å². The highest BCUT2D eigenvalue weighted by Gasteiger charge is 2.18. The average Bonchev–Trinajstić information content (AvgIpc) is 3.16. The Morgan fingerprint density at radius 2 is 1.94 bits per heavy atom. The number of carbonyl (C=O) groups excluding carboxylic acids is 1. The SMILES string of the molecule is O=C1COc2ccc(C(O)CNCCOc3ccc4c(c3)[nH]c3ccccc34)cc2N1. The molecule has 0 saturated carbocycles. The van der Waals surface area contributed by atoms with Gasteiger partial charge in [0.05, 0.1) is 17.3 Å². The number of ether oxygens (including phenoxy) is 2. The molecule has 4 aromatic rings. The lowest BCUT2D eigenvalue weighted by atomic mass is 10.1. The van der Waals surface area contributed by atoms with Gasteiger partial charge in [0.1, 0.15) is 18.1 Å². The molecule has 1 unspecified atom stereocenters. The molecule has 2 heterocycles. The molecule has 158 valence electrons. The number of anilines is 1. The standard InChI is InChI=1S/C24H23N3O4/c28-22(15-5-8-23-21(11-15)27-24(29)14-31-23)13-25-9-10-30-16-6-7-18-17-3-1-2-4-19(17)26-20(18)12-16/h1-8,11-12,22,25-26,28H,9-10,13-14H2,(H,27,29). The van der Waals surface area contributed by atoms with E-state index in [2.05, 4.69) is 33.8 Å². The number of aromatic nitrogens is 1. The molecule has 0 fully saturated rings. The van der Waals surface area contributed by atoms with Crippen molar-refractivity contribution in [3.05, 3.63) is 66.2 Å². The van der Waals surface area contributed by atoms with E-state index in [4.69, 9.17) is 9.47 Å². The number of hydrogen-bond donors (Lipinski definition) is 4. The molecule has 0 aliphatic carbocycles. The molecule has 1 atom stereocenters. The van der Waals surface area contributed by atoms with E-state index in [9.17, 15) is 9.90 Å². The minimum Gasteiger partial charge on any atom is -0.492 e. The zero-order valence-corrected chi connectivity index (χ0v) is 16.9. The summed E-state index contributed by atoms with van der Waals surface area (Å²) in [6.07, 6.45) is -0.702. The number of H-pyrrole nitrogens is 1. The number of fused-ring (bicyclic) bond motifs is 4. The second-order valence-electron chi connectivity index (χ2n) is 7.54. The van der Waals surface area contributed by atoms with E-state index in [1.165, 1.54) is 10.8 Å². The zero-order chi connectivity index (χ0) is 21.2. The molecular weight excluding hydrogens is 394 g/mol. The van der Waals surface area contributed by atoms with Crippen molar-refractivity contribution in [3.63, 3.8) is 0 Å². The first-order valence-corrected chi connectivity index (χ1v) is 10.3. The topological polar surface area (TPSA) is 95.6 Å². The van der Waals surface area contributed by atoms with Crippen LogP contribution in [0.15, 0.2) is 60.7 Å². The van der Waals surface area contributed by atoms with Gasteiger partial charge in [-0.1, -0.05) is 24.3 Å². The minimum atomic E-state index is -0.702. The molecule has 0 radical (unpaired) electrons. The van der Waals surface area contributed by atoms with Crippen LogP contribution in [0.4, 0.5) is 5.69 Å². The number of rotatable bonds is 7. The summed E-state index contributed by atoms with van der Waals surface area (Å²) in [5.74, 6) is 1.22. The predicted molar refractivity (Wildman–Crippen MR) is 120 cm³/mol. The molecule has 0 bridgehead atoms. The summed E-state index contributed by atoms with van der Waals surface area (Å²) in [5, 5.41) is 18.8. The first-order valence-electron chi connectivity index (χ1n) is 10.3. The lowest BCUT2D eigenvalue weighted by Gasteiger charge is -2.20. The van der Waals surface area contributed by atoms with Gasteiger partial charge in [0.15, 0.2) is 6.61 Å². The Morgan fingerprint density at radius 1 is 1.06 bits per heavy atom. The van der Waals surface area contributed by atoms with Gasteiger partial charge in [0.2, 0.25) is 0 Å². The highest BCUT2D eigenvalue weighted by atomic mass is 16.5. The van der Waals surface area contributed by atoms with Gasteiger partial charge in [-0.05, 0) is 35.9 Å². The van der Waals surface area contributed by atoms with E-state index in [1.54, 1.807) is 18.2 Å². The molecule has 7 heteroatoms. The van der Waals surface area contributed by atoms with Crippen LogP contribution in [0, 0.1) is 0 Å². The van der Waals surface area contributed by atoms with Crippen molar-refractivity contribution in [2.24, 2.45) is 0 Å². The van der Waals surface area contributed by atoms with Crippen LogP contribution in [-0.2, 0) is 4.79 Å². The smallest absolute Gasteiger partial charge is 0.262 e. The molecule has 31 heavy (non-hydrogen) atoms. The Bertz CT molecular complexity index is 1250. The van der Waals surface area contributed by atoms with Crippen LogP contribution in [0.3, 0.4) is 0 Å². The third-order valence-electron chi connectivity index (χ3n) is 5.38. The van der Waals surface area contributed by atoms with Crippen molar-refractivity contribution in [3.8, 4) is 11.5 Å². The Labute approximate surface area is 179 Å². The van der Waals surface area contributed by atoms with Crippen molar-refractivity contribution < 1.29 is 19.4 Å². The average molecular weight is 417 g/mol. The van der Waals surface area contributed by atoms with E-state index in [-0.39, 0.29) is 12.5 Å². The minimum absolute atomic E-state index is 0.0175. The third kappa shape index (κ3) is 4.05. The molecule has 5 rings (SSSR count). The van der Waals surface area contributed by atoms with Crippen LogP contribution in [0.1, 0.15) is 11.7 Å². The van der Waals surface area contributed by atoms with E-state index in [0.717, 1.165) is 16.8 Å². The van der Waals surface area contributed by atoms with Crippen LogP contribution in [0.25, 0.3) is 21.8 Å². The first-order chi connectivity index (χ1) is 15.2. The summed E-state index contributed by atoms with van der Waals surface area (Å²) >= 11 is 0. The quantitative estimate of drug-likeness (QED) is 0.346. The van der Waals surface area contributed by atoms with Crippen LogP contribution >= 0.6 is 0 Å². The van der Waals surface area contributed by atoms with E-state index in [1.807, 2.05) is 24.3 Å². The number of aliphatic hydroxyl groups is 1. The Morgan fingerprint density at radius 3 is 2.87 bits per heavy atom. The second-order valence-corrected chi connectivity index (χ2v) is 7.54. The maximum atomic E-state index is 11.5. The van der Waals surface area contributed by atoms with Crippen molar-refractivity contribution >= 4 is 33.4 Å². The number of carbonyl (C=O) groups is 1. The molecule has 0 spiro atoms. The van der Waals surface area contributed by atoms with Gasteiger partial charge in [-0.3, -0.25) is 4.79 Å². The first kappa shape index (κ1) is 19.4. The van der Waals surface area contributed by atoms with Gasteiger partial charge in [0.25, 0.3) is 5.91 Å². The van der Waals surface area contributed by atoms with Crippen molar-refractivity contribution in [1.82, 2.24) is 10.3 Å². The molecule has 1 aromatic heterocycles. The summed E-state index contributed by atoms with van der Waals surface area (Å²) in [5.41, 5.74) is 3.45.